The smallest absolute Gasteiger partial charge is 0.341 e. The molecule has 0 radical (unpaired) electrons. The van der Waals surface area contributed by atoms with Gasteiger partial charge in [-0.2, -0.15) is 5.26 Å². The van der Waals surface area contributed by atoms with Gasteiger partial charge in [-0.3, -0.25) is 0 Å². The largest absolute Gasteiger partial charge is 0.482 e. The molecule has 1 N–H and O–H groups in total. The van der Waals surface area contributed by atoms with E-state index in [-0.39, 0.29) is 6.61 Å². The number of ether oxygens (including phenoxy) is 1. The number of rotatable bonds is 4. The summed E-state index contributed by atoms with van der Waals surface area (Å²) in [5.74, 6) is -0.519. The molecule has 0 unspecified atom stereocenters. The third-order valence-corrected chi connectivity index (χ3v) is 1.59. The van der Waals surface area contributed by atoms with Crippen LogP contribution in [0.15, 0.2) is 30.3 Å². The zero-order chi connectivity index (χ0) is 11.1. The summed E-state index contributed by atoms with van der Waals surface area (Å²) in [4.78, 5) is 10.2. The number of benzene rings is 1. The van der Waals surface area contributed by atoms with Gasteiger partial charge in [0.05, 0.1) is 6.07 Å². The summed E-state index contributed by atoms with van der Waals surface area (Å²) in [6.45, 7) is -0.354. The minimum atomic E-state index is -1.01. The van der Waals surface area contributed by atoms with Crippen LogP contribution in [0.25, 0.3) is 6.08 Å². The van der Waals surface area contributed by atoms with Gasteiger partial charge >= 0.3 is 5.97 Å². The van der Waals surface area contributed by atoms with E-state index in [1.54, 1.807) is 30.3 Å². The molecule has 0 aromatic heterocycles. The third-order valence-electron chi connectivity index (χ3n) is 1.59. The van der Waals surface area contributed by atoms with Crippen LogP contribution in [-0.2, 0) is 4.79 Å². The number of carboxylic acid groups (broad SMARTS) is 1. The van der Waals surface area contributed by atoms with Gasteiger partial charge in [-0.25, -0.2) is 4.79 Å². The van der Waals surface area contributed by atoms with Crippen LogP contribution in [0.2, 0.25) is 0 Å². The Morgan fingerprint density at radius 3 is 2.67 bits per heavy atom. The van der Waals surface area contributed by atoms with Gasteiger partial charge in [-0.05, 0) is 23.8 Å². The lowest BCUT2D eigenvalue weighted by Crippen LogP contribution is -2.09. The molecule has 0 heterocycles. The standard InChI is InChI=1S/C11H9NO3/c12-7-1-2-9-3-5-10(6-4-9)15-8-11(13)14/h1-6H,8H2,(H,13,14). The predicted octanol–water partition coefficient (Wildman–Crippen LogP) is 1.69. The molecule has 1 aromatic rings. The zero-order valence-electron chi connectivity index (χ0n) is 7.88. The topological polar surface area (TPSA) is 70.3 Å². The Kier molecular flexibility index (Phi) is 3.92. The van der Waals surface area contributed by atoms with Crippen LogP contribution in [0, 0.1) is 11.3 Å². The molecule has 76 valence electrons. The summed E-state index contributed by atoms with van der Waals surface area (Å²) in [5.41, 5.74) is 0.860. The van der Waals surface area contributed by atoms with Crippen molar-refractivity contribution in [1.29, 1.82) is 5.26 Å². The average Bonchev–Trinajstić information content (AvgIpc) is 2.25. The van der Waals surface area contributed by atoms with Gasteiger partial charge < -0.3 is 9.84 Å². The molecule has 1 rings (SSSR count). The Morgan fingerprint density at radius 1 is 1.47 bits per heavy atom. The normalized spacial score (nSPS) is 9.80. The number of hydrogen-bond acceptors (Lipinski definition) is 3. The van der Waals surface area contributed by atoms with Crippen LogP contribution >= 0.6 is 0 Å². The minimum absolute atomic E-state index is 0.354. The van der Waals surface area contributed by atoms with Gasteiger partial charge in [-0.1, -0.05) is 12.1 Å². The first-order chi connectivity index (χ1) is 7.22. The molecule has 0 aliphatic carbocycles. The lowest BCUT2D eigenvalue weighted by atomic mass is 10.2. The Bertz CT molecular complexity index is 401. The quantitative estimate of drug-likeness (QED) is 0.756. The molecule has 15 heavy (non-hydrogen) atoms. The van der Waals surface area contributed by atoms with E-state index in [0.717, 1.165) is 5.56 Å². The van der Waals surface area contributed by atoms with E-state index in [1.807, 2.05) is 6.07 Å². The fraction of sp³-hybridized carbons (Fsp3) is 0.0909. The van der Waals surface area contributed by atoms with Crippen LogP contribution in [0.4, 0.5) is 0 Å². The van der Waals surface area contributed by atoms with Gasteiger partial charge in [0.1, 0.15) is 5.75 Å². The van der Waals surface area contributed by atoms with Crippen LogP contribution < -0.4 is 4.74 Å². The number of nitrogens with zero attached hydrogens (tertiary/aromatic N) is 1. The lowest BCUT2D eigenvalue weighted by Gasteiger charge is -2.02. The van der Waals surface area contributed by atoms with Crippen LogP contribution in [0.3, 0.4) is 0 Å². The van der Waals surface area contributed by atoms with E-state index in [0.29, 0.717) is 5.75 Å². The van der Waals surface area contributed by atoms with Crippen molar-refractivity contribution in [2.75, 3.05) is 6.61 Å². The Labute approximate surface area is 87.0 Å². The highest BCUT2D eigenvalue weighted by Crippen LogP contribution is 2.12. The van der Waals surface area contributed by atoms with Crippen LogP contribution in [0.5, 0.6) is 5.75 Å². The molecule has 0 fully saturated rings. The van der Waals surface area contributed by atoms with Gasteiger partial charge in [-0.15, -0.1) is 0 Å². The number of carboxylic acids is 1. The van der Waals surface area contributed by atoms with E-state index in [9.17, 15) is 4.79 Å². The van der Waals surface area contributed by atoms with E-state index < -0.39 is 5.97 Å². The van der Waals surface area contributed by atoms with Gasteiger partial charge in [0, 0.05) is 6.08 Å². The SMILES string of the molecule is N#CC=Cc1ccc(OCC(=O)O)cc1. The summed E-state index contributed by atoms with van der Waals surface area (Å²) in [6.07, 6.45) is 3.02. The summed E-state index contributed by atoms with van der Waals surface area (Å²) in [5, 5.41) is 16.7. The average molecular weight is 203 g/mol. The molecular weight excluding hydrogens is 194 g/mol. The van der Waals surface area contributed by atoms with Crippen molar-refractivity contribution in [3.05, 3.63) is 35.9 Å². The van der Waals surface area contributed by atoms with Crippen molar-refractivity contribution < 1.29 is 14.6 Å². The second-order valence-corrected chi connectivity index (χ2v) is 2.71. The number of hydrogen-bond donors (Lipinski definition) is 1. The molecular formula is C11H9NO3. The van der Waals surface area contributed by atoms with E-state index in [1.165, 1.54) is 6.08 Å². The molecule has 4 nitrogen and oxygen atoms in total. The number of allylic oxidation sites excluding steroid dienone is 1. The van der Waals surface area contributed by atoms with Crippen molar-refractivity contribution in [1.82, 2.24) is 0 Å². The maximum Gasteiger partial charge on any atom is 0.341 e. The molecule has 0 amide bonds. The maximum atomic E-state index is 10.2. The molecule has 4 heteroatoms. The fourth-order valence-electron chi connectivity index (χ4n) is 0.954. The molecule has 0 aliphatic heterocycles. The highest BCUT2D eigenvalue weighted by atomic mass is 16.5. The lowest BCUT2D eigenvalue weighted by molar-refractivity contribution is -0.139. The first kappa shape index (κ1) is 10.8. The molecule has 0 saturated carbocycles. The van der Waals surface area contributed by atoms with Gasteiger partial charge in [0.2, 0.25) is 0 Å². The zero-order valence-corrected chi connectivity index (χ0v) is 7.88. The second-order valence-electron chi connectivity index (χ2n) is 2.71. The summed E-state index contributed by atoms with van der Waals surface area (Å²) >= 11 is 0. The first-order valence-electron chi connectivity index (χ1n) is 4.23. The highest BCUT2D eigenvalue weighted by Gasteiger charge is 1.98. The van der Waals surface area contributed by atoms with Crippen LogP contribution in [0.1, 0.15) is 5.56 Å². The molecule has 0 spiro atoms. The molecule has 0 bridgehead atoms. The van der Waals surface area contributed by atoms with E-state index >= 15 is 0 Å². The Morgan fingerprint density at radius 2 is 2.13 bits per heavy atom. The maximum absolute atomic E-state index is 10.2. The molecule has 0 atom stereocenters. The molecule has 1 aromatic carbocycles. The monoisotopic (exact) mass is 203 g/mol. The minimum Gasteiger partial charge on any atom is -0.482 e. The first-order valence-corrected chi connectivity index (χ1v) is 4.23. The van der Waals surface area contributed by atoms with Crippen molar-refractivity contribution in [3.63, 3.8) is 0 Å². The van der Waals surface area contributed by atoms with E-state index in [4.69, 9.17) is 15.1 Å². The van der Waals surface area contributed by atoms with Crippen molar-refractivity contribution in [2.24, 2.45) is 0 Å². The van der Waals surface area contributed by atoms with Crippen molar-refractivity contribution >= 4 is 12.0 Å². The summed E-state index contributed by atoms with van der Waals surface area (Å²) < 4.78 is 4.94. The summed E-state index contributed by atoms with van der Waals surface area (Å²) in [6, 6.07) is 8.67. The number of nitriles is 1. The van der Waals surface area contributed by atoms with Crippen LogP contribution in [-0.4, -0.2) is 17.7 Å². The third kappa shape index (κ3) is 3.96. The molecule has 0 saturated heterocycles. The fourth-order valence-corrected chi connectivity index (χ4v) is 0.954. The predicted molar refractivity (Wildman–Crippen MR) is 54.2 cm³/mol. The van der Waals surface area contributed by atoms with Gasteiger partial charge in [0.15, 0.2) is 6.61 Å². The van der Waals surface area contributed by atoms with Gasteiger partial charge in [0.25, 0.3) is 0 Å². The van der Waals surface area contributed by atoms with E-state index in [2.05, 4.69) is 0 Å². The summed E-state index contributed by atoms with van der Waals surface area (Å²) in [7, 11) is 0. The highest BCUT2D eigenvalue weighted by molar-refractivity contribution is 5.68. The number of aliphatic carboxylic acids is 1. The number of carbonyl (C=O) groups is 1. The molecule has 0 aliphatic rings. The second kappa shape index (κ2) is 5.45. The van der Waals surface area contributed by atoms with Crippen molar-refractivity contribution in [3.8, 4) is 11.8 Å². The Balaban J connectivity index is 2.61. The Hall–Kier alpha value is -2.28. The van der Waals surface area contributed by atoms with Crippen molar-refractivity contribution in [2.45, 2.75) is 0 Å².